The van der Waals surface area contributed by atoms with Crippen LogP contribution in [0.1, 0.15) is 41.9 Å². The van der Waals surface area contributed by atoms with Gasteiger partial charge in [0.1, 0.15) is 17.3 Å². The van der Waals surface area contributed by atoms with Crippen LogP contribution < -0.4 is 4.74 Å². The van der Waals surface area contributed by atoms with Crippen LogP contribution >= 0.6 is 0 Å². The predicted molar refractivity (Wildman–Crippen MR) is 181 cm³/mol. The number of pyridine rings is 1. The summed E-state index contributed by atoms with van der Waals surface area (Å²) in [6, 6.07) is 33.7. The second-order valence-corrected chi connectivity index (χ2v) is 11.5. The monoisotopic (exact) mass is 576 g/mol. The first-order chi connectivity index (χ1) is 21.5. The normalized spacial score (nSPS) is 11.5. The van der Waals surface area contributed by atoms with Gasteiger partial charge in [-0.05, 0) is 98.3 Å². The number of para-hydroxylation sites is 1. The van der Waals surface area contributed by atoms with Crippen molar-refractivity contribution in [2.45, 2.75) is 47.5 Å². The third-order valence-electron chi connectivity index (χ3n) is 8.53. The highest BCUT2D eigenvalue weighted by molar-refractivity contribution is 6.09. The smallest absolute Gasteiger partial charge is 0.137 e. The second-order valence-electron chi connectivity index (χ2n) is 11.5. The summed E-state index contributed by atoms with van der Waals surface area (Å²) in [7, 11) is 0. The van der Waals surface area contributed by atoms with Gasteiger partial charge in [0.2, 0.25) is 0 Å². The summed E-state index contributed by atoms with van der Waals surface area (Å²) in [4.78, 5) is 4.72. The summed E-state index contributed by atoms with van der Waals surface area (Å²) in [5.41, 5.74) is 11.8. The molecule has 0 amide bonds. The van der Waals surface area contributed by atoms with Gasteiger partial charge in [-0.25, -0.2) is 9.67 Å². The average molecular weight is 577 g/mol. The van der Waals surface area contributed by atoms with E-state index in [9.17, 15) is 0 Å². The van der Waals surface area contributed by atoms with Gasteiger partial charge in [-0.3, -0.25) is 4.57 Å². The number of ether oxygens (including phenoxy) is 1. The molecule has 44 heavy (non-hydrogen) atoms. The fraction of sp³-hybridized carbons (Fsp3) is 0.179. The molecule has 0 unspecified atom stereocenters. The van der Waals surface area contributed by atoms with E-state index in [2.05, 4.69) is 123 Å². The molecule has 3 aromatic heterocycles. The van der Waals surface area contributed by atoms with Gasteiger partial charge in [-0.2, -0.15) is 5.10 Å². The van der Waals surface area contributed by atoms with Crippen molar-refractivity contribution in [1.29, 1.82) is 0 Å². The number of benzene rings is 4. The van der Waals surface area contributed by atoms with E-state index < -0.39 is 0 Å². The van der Waals surface area contributed by atoms with Crippen molar-refractivity contribution < 1.29 is 4.74 Å². The van der Waals surface area contributed by atoms with E-state index >= 15 is 0 Å². The number of fused-ring (bicyclic) bond motifs is 3. The standard InChI is InChI=1S/C39H36N4O/c1-6-33-39(38-26(4)12-10-13-27(38)5)34(7-2)43(41-33)28-14-11-15-29(23-28)44-30-18-19-32-31-16-8-9-17-35(31)42(36(32)24-30)37-22-25(3)20-21-40-37/h8-24H,6-7H2,1-5H3. The zero-order valence-corrected chi connectivity index (χ0v) is 25.9. The Morgan fingerprint density at radius 2 is 1.41 bits per heavy atom. The van der Waals surface area contributed by atoms with Crippen LogP contribution in [-0.2, 0) is 12.8 Å². The molecule has 0 spiro atoms. The molecule has 0 atom stereocenters. The highest BCUT2D eigenvalue weighted by Crippen LogP contribution is 2.37. The summed E-state index contributed by atoms with van der Waals surface area (Å²) < 4.78 is 10.9. The number of hydrogen-bond acceptors (Lipinski definition) is 3. The quantitative estimate of drug-likeness (QED) is 0.190. The summed E-state index contributed by atoms with van der Waals surface area (Å²) in [6.45, 7) is 10.9. The molecule has 5 nitrogen and oxygen atoms in total. The van der Waals surface area contributed by atoms with Gasteiger partial charge in [0.25, 0.3) is 0 Å². The van der Waals surface area contributed by atoms with Crippen molar-refractivity contribution in [3.05, 3.63) is 131 Å². The molecule has 0 bridgehead atoms. The van der Waals surface area contributed by atoms with Crippen molar-refractivity contribution in [3.8, 4) is 34.1 Å². The van der Waals surface area contributed by atoms with Crippen LogP contribution in [0.4, 0.5) is 0 Å². The van der Waals surface area contributed by atoms with Gasteiger partial charge >= 0.3 is 0 Å². The molecule has 0 aliphatic carbocycles. The van der Waals surface area contributed by atoms with Gasteiger partial charge in [0, 0.05) is 34.7 Å². The van der Waals surface area contributed by atoms with Crippen LogP contribution in [0.3, 0.4) is 0 Å². The lowest BCUT2D eigenvalue weighted by Gasteiger charge is -2.14. The first kappa shape index (κ1) is 27.7. The predicted octanol–water partition coefficient (Wildman–Crippen LogP) is 9.87. The van der Waals surface area contributed by atoms with Crippen LogP contribution in [0.5, 0.6) is 11.5 Å². The number of aryl methyl sites for hydroxylation is 4. The summed E-state index contributed by atoms with van der Waals surface area (Å²) in [5.74, 6) is 2.43. The fourth-order valence-corrected chi connectivity index (χ4v) is 6.51. The Labute approximate surface area is 258 Å². The topological polar surface area (TPSA) is 44.9 Å². The minimum absolute atomic E-state index is 0.766. The third-order valence-corrected chi connectivity index (χ3v) is 8.53. The maximum atomic E-state index is 6.54. The minimum atomic E-state index is 0.766. The fourth-order valence-electron chi connectivity index (χ4n) is 6.51. The van der Waals surface area contributed by atoms with Crippen molar-refractivity contribution in [3.63, 3.8) is 0 Å². The Morgan fingerprint density at radius 1 is 0.659 bits per heavy atom. The molecule has 3 heterocycles. The Balaban J connectivity index is 1.31. The first-order valence-electron chi connectivity index (χ1n) is 15.4. The van der Waals surface area contributed by atoms with E-state index in [1.165, 1.54) is 44.3 Å². The van der Waals surface area contributed by atoms with Crippen molar-refractivity contribution in [1.82, 2.24) is 19.3 Å². The Morgan fingerprint density at radius 3 is 2.18 bits per heavy atom. The molecule has 0 fully saturated rings. The number of rotatable bonds is 7. The van der Waals surface area contributed by atoms with Crippen molar-refractivity contribution in [2.24, 2.45) is 0 Å². The van der Waals surface area contributed by atoms with Crippen LogP contribution in [0.15, 0.2) is 103 Å². The van der Waals surface area contributed by atoms with E-state index in [1.54, 1.807) is 0 Å². The molecule has 0 saturated carbocycles. The van der Waals surface area contributed by atoms with Crippen molar-refractivity contribution in [2.75, 3.05) is 0 Å². The van der Waals surface area contributed by atoms with Crippen LogP contribution in [0.2, 0.25) is 0 Å². The van der Waals surface area contributed by atoms with Crippen molar-refractivity contribution >= 4 is 21.8 Å². The van der Waals surface area contributed by atoms with E-state index in [-0.39, 0.29) is 0 Å². The largest absolute Gasteiger partial charge is 0.457 e. The third kappa shape index (κ3) is 4.65. The molecule has 7 rings (SSSR count). The van der Waals surface area contributed by atoms with E-state index in [0.717, 1.165) is 52.6 Å². The molecule has 5 heteroatoms. The number of nitrogens with zero attached hydrogens (tertiary/aromatic N) is 4. The minimum Gasteiger partial charge on any atom is -0.457 e. The average Bonchev–Trinajstić information content (AvgIpc) is 3.56. The van der Waals surface area contributed by atoms with E-state index in [0.29, 0.717) is 0 Å². The molecule has 0 saturated heterocycles. The van der Waals surface area contributed by atoms with Crippen LogP contribution in [0.25, 0.3) is 44.4 Å². The lowest BCUT2D eigenvalue weighted by atomic mass is 9.92. The molecule has 0 aliphatic heterocycles. The van der Waals surface area contributed by atoms with E-state index in [1.807, 2.05) is 24.4 Å². The van der Waals surface area contributed by atoms with Gasteiger partial charge in [0.05, 0.1) is 28.1 Å². The highest BCUT2D eigenvalue weighted by atomic mass is 16.5. The lowest BCUT2D eigenvalue weighted by molar-refractivity contribution is 0.482. The molecule has 4 aromatic carbocycles. The van der Waals surface area contributed by atoms with Crippen LogP contribution in [0, 0.1) is 20.8 Å². The molecule has 0 aliphatic rings. The Bertz CT molecular complexity index is 2150. The summed E-state index contributed by atoms with van der Waals surface area (Å²) in [6.07, 6.45) is 3.60. The number of hydrogen-bond donors (Lipinski definition) is 0. The second kappa shape index (κ2) is 11.2. The van der Waals surface area contributed by atoms with E-state index in [4.69, 9.17) is 14.8 Å². The Kier molecular flexibility index (Phi) is 7.01. The molecule has 0 N–H and O–H groups in total. The molecular formula is C39H36N4O. The molecule has 7 aromatic rings. The number of aromatic nitrogens is 4. The first-order valence-corrected chi connectivity index (χ1v) is 15.4. The summed E-state index contributed by atoms with van der Waals surface area (Å²) in [5, 5.41) is 7.50. The maximum Gasteiger partial charge on any atom is 0.137 e. The Hall–Kier alpha value is -5.16. The highest BCUT2D eigenvalue weighted by Gasteiger charge is 2.21. The zero-order chi connectivity index (χ0) is 30.4. The molecular weight excluding hydrogens is 540 g/mol. The van der Waals surface area contributed by atoms with Gasteiger partial charge in [-0.1, -0.05) is 56.3 Å². The lowest BCUT2D eigenvalue weighted by Crippen LogP contribution is -2.02. The SMILES string of the molecule is CCc1nn(-c2cccc(Oc3ccc4c5ccccc5n(-c5cc(C)ccn5)c4c3)c2)c(CC)c1-c1c(C)cccc1C. The van der Waals surface area contributed by atoms with Gasteiger partial charge in [0.15, 0.2) is 0 Å². The maximum absolute atomic E-state index is 6.54. The zero-order valence-electron chi connectivity index (χ0n) is 25.9. The van der Waals surface area contributed by atoms with Gasteiger partial charge < -0.3 is 4.74 Å². The molecule has 0 radical (unpaired) electrons. The van der Waals surface area contributed by atoms with Gasteiger partial charge in [-0.15, -0.1) is 0 Å². The van der Waals surface area contributed by atoms with Crippen LogP contribution in [-0.4, -0.2) is 19.3 Å². The summed E-state index contributed by atoms with van der Waals surface area (Å²) >= 11 is 0. The molecule has 218 valence electrons.